The molecule has 8 heteroatoms. The lowest BCUT2D eigenvalue weighted by Gasteiger charge is -2.39. The molecule has 0 N–H and O–H groups in total. The predicted octanol–water partition coefficient (Wildman–Crippen LogP) is 3.34. The molecule has 2 aliphatic heterocycles. The van der Waals surface area contributed by atoms with Gasteiger partial charge in [-0.1, -0.05) is 12.1 Å². The van der Waals surface area contributed by atoms with Gasteiger partial charge in [0.1, 0.15) is 11.9 Å². The van der Waals surface area contributed by atoms with Gasteiger partial charge in [-0.05, 0) is 43.4 Å². The number of Topliss-reactive ketones (excluding diaryl/α,β-unsaturated/α-hetero) is 1. The minimum absolute atomic E-state index is 0.0633. The Morgan fingerprint density at radius 1 is 1.21 bits per heavy atom. The van der Waals surface area contributed by atoms with Gasteiger partial charge < -0.3 is 9.26 Å². The summed E-state index contributed by atoms with van der Waals surface area (Å²) in [6.45, 7) is 3.80. The van der Waals surface area contributed by atoms with Gasteiger partial charge in [0, 0.05) is 23.8 Å². The number of halogens is 1. The lowest BCUT2D eigenvalue weighted by atomic mass is 9.74. The van der Waals surface area contributed by atoms with Gasteiger partial charge in [-0.3, -0.25) is 19.5 Å². The Hall–Kier alpha value is -2.67. The highest BCUT2D eigenvalue weighted by molar-refractivity contribution is 6.21. The third-order valence-electron chi connectivity index (χ3n) is 6.09. The van der Waals surface area contributed by atoms with Crippen molar-refractivity contribution < 1.29 is 18.8 Å². The lowest BCUT2D eigenvalue weighted by Crippen LogP contribution is -2.44. The number of amides is 1. The number of hydrogen-bond acceptors (Lipinski definition) is 6. The van der Waals surface area contributed by atoms with Crippen molar-refractivity contribution in [2.45, 2.75) is 44.2 Å². The van der Waals surface area contributed by atoms with Crippen molar-refractivity contribution in [3.05, 3.63) is 53.2 Å². The fraction of sp³-hybridized carbons (Fsp3) is 0.429. The molecule has 150 valence electrons. The molecule has 0 aromatic carbocycles. The molecule has 29 heavy (non-hydrogen) atoms. The van der Waals surface area contributed by atoms with Crippen LogP contribution in [-0.4, -0.2) is 33.3 Å². The second kappa shape index (κ2) is 6.69. The second-order valence-corrected chi connectivity index (χ2v) is 8.55. The second-order valence-electron chi connectivity index (χ2n) is 7.99. The smallest absolute Gasteiger partial charge is 0.295 e. The fourth-order valence-corrected chi connectivity index (χ4v) is 4.88. The first-order chi connectivity index (χ1) is 14.0. The number of rotatable bonds is 2. The fourth-order valence-electron chi connectivity index (χ4n) is 4.58. The molecule has 2 aromatic rings. The van der Waals surface area contributed by atoms with Crippen LogP contribution < -0.4 is 4.90 Å². The topological polar surface area (TPSA) is 85.5 Å². The van der Waals surface area contributed by atoms with Crippen molar-refractivity contribution in [2.24, 2.45) is 11.8 Å². The van der Waals surface area contributed by atoms with Gasteiger partial charge in [-0.2, -0.15) is 0 Å². The van der Waals surface area contributed by atoms with E-state index in [1.165, 1.54) is 4.90 Å². The molecule has 0 spiro atoms. The first-order valence-corrected chi connectivity index (χ1v) is 10.1. The van der Waals surface area contributed by atoms with E-state index in [1.54, 1.807) is 37.5 Å². The maximum Gasteiger partial charge on any atom is 0.295 e. The maximum atomic E-state index is 13.6. The van der Waals surface area contributed by atoms with Crippen LogP contribution in [0, 0.1) is 18.8 Å². The third-order valence-corrected chi connectivity index (χ3v) is 6.70. The van der Waals surface area contributed by atoms with Crippen LogP contribution in [0.4, 0.5) is 5.82 Å². The van der Waals surface area contributed by atoms with E-state index in [0.29, 0.717) is 30.0 Å². The summed E-state index contributed by atoms with van der Waals surface area (Å²) < 4.78 is 11.4. The van der Waals surface area contributed by atoms with Crippen molar-refractivity contribution in [1.82, 2.24) is 10.1 Å². The largest absolute Gasteiger partial charge is 0.483 e. The van der Waals surface area contributed by atoms with Gasteiger partial charge in [0.2, 0.25) is 0 Å². The van der Waals surface area contributed by atoms with E-state index in [9.17, 15) is 9.59 Å². The van der Waals surface area contributed by atoms with E-state index in [2.05, 4.69) is 10.1 Å². The number of ether oxygens (including phenoxy) is 1. The van der Waals surface area contributed by atoms with Crippen LogP contribution in [0.3, 0.4) is 0 Å². The number of ketones is 1. The lowest BCUT2D eigenvalue weighted by molar-refractivity contribution is -0.132. The normalized spacial score (nSPS) is 31.6. The zero-order valence-corrected chi connectivity index (χ0v) is 16.8. The quantitative estimate of drug-likeness (QED) is 0.702. The van der Waals surface area contributed by atoms with Gasteiger partial charge in [-0.25, -0.2) is 0 Å². The zero-order chi connectivity index (χ0) is 20.3. The third kappa shape index (κ3) is 2.79. The average Bonchev–Trinajstić information content (AvgIpc) is 3.26. The number of carbonyl (C=O) groups is 2. The molecule has 1 aliphatic carbocycles. The Morgan fingerprint density at radius 3 is 2.66 bits per heavy atom. The molecule has 1 saturated carbocycles. The first-order valence-electron chi connectivity index (χ1n) is 9.71. The molecule has 2 aromatic heterocycles. The summed E-state index contributed by atoms with van der Waals surface area (Å²) in [6.07, 6.45) is 4.14. The number of nitrogens with zero attached hydrogens (tertiary/aromatic N) is 3. The van der Waals surface area contributed by atoms with Crippen molar-refractivity contribution >= 4 is 29.1 Å². The highest BCUT2D eigenvalue weighted by Gasteiger charge is 2.54. The summed E-state index contributed by atoms with van der Waals surface area (Å²) in [5, 5.41) is 3.94. The van der Waals surface area contributed by atoms with Crippen molar-refractivity contribution in [2.75, 3.05) is 4.90 Å². The molecule has 3 aliphatic rings. The zero-order valence-electron chi connectivity index (χ0n) is 16.0. The minimum atomic E-state index is -0.633. The van der Waals surface area contributed by atoms with Crippen LogP contribution in [0.25, 0.3) is 0 Å². The Morgan fingerprint density at radius 2 is 1.97 bits per heavy atom. The molecule has 0 radical (unpaired) electrons. The van der Waals surface area contributed by atoms with Crippen molar-refractivity contribution in [1.29, 1.82) is 0 Å². The van der Waals surface area contributed by atoms with E-state index in [0.717, 1.165) is 5.56 Å². The van der Waals surface area contributed by atoms with Crippen LogP contribution in [0.1, 0.15) is 37.1 Å². The molecule has 0 saturated heterocycles. The van der Waals surface area contributed by atoms with E-state index in [4.69, 9.17) is 20.9 Å². The highest BCUT2D eigenvalue weighted by Crippen LogP contribution is 2.49. The van der Waals surface area contributed by atoms with Crippen LogP contribution in [-0.2, 0) is 14.3 Å². The van der Waals surface area contributed by atoms with Gasteiger partial charge in [0.25, 0.3) is 5.91 Å². The number of aryl methyl sites for hydroxylation is 1. The molecule has 1 fully saturated rings. The monoisotopic (exact) mass is 413 g/mol. The van der Waals surface area contributed by atoms with Crippen LogP contribution in [0.5, 0.6) is 0 Å². The molecule has 7 nitrogen and oxygen atoms in total. The number of aromatic nitrogens is 2. The summed E-state index contributed by atoms with van der Waals surface area (Å²) in [5.74, 6) is 0.490. The summed E-state index contributed by atoms with van der Waals surface area (Å²) in [7, 11) is 0. The summed E-state index contributed by atoms with van der Waals surface area (Å²) in [4.78, 5) is 32.5. The van der Waals surface area contributed by atoms with Gasteiger partial charge in [0.05, 0.1) is 17.5 Å². The molecular formula is C21H20ClN3O4. The molecule has 4 heterocycles. The van der Waals surface area contributed by atoms with E-state index >= 15 is 0 Å². The average molecular weight is 414 g/mol. The van der Waals surface area contributed by atoms with Gasteiger partial charge in [0.15, 0.2) is 17.4 Å². The predicted molar refractivity (Wildman–Crippen MR) is 104 cm³/mol. The summed E-state index contributed by atoms with van der Waals surface area (Å²) in [5.41, 5.74) is 1.14. The van der Waals surface area contributed by atoms with Crippen LogP contribution in [0.2, 0.25) is 0 Å². The number of carbonyl (C=O) groups excluding carboxylic acids is 2. The summed E-state index contributed by atoms with van der Waals surface area (Å²) in [6, 6.07) is 4.63. The van der Waals surface area contributed by atoms with Gasteiger partial charge in [-0.15, -0.1) is 11.6 Å². The SMILES string of the molecule is Cc1cc(N2C(=O)C3=C(C(=O)C4CC(Cl)C(C)CC4O3)C2c2ccncc2)no1. The number of fused-ring (bicyclic) bond motifs is 1. The maximum absolute atomic E-state index is 13.6. The molecular weight excluding hydrogens is 394 g/mol. The Kier molecular flexibility index (Phi) is 4.24. The minimum Gasteiger partial charge on any atom is -0.483 e. The summed E-state index contributed by atoms with van der Waals surface area (Å²) >= 11 is 6.47. The Bertz CT molecular complexity index is 1020. The van der Waals surface area contributed by atoms with Gasteiger partial charge >= 0.3 is 0 Å². The van der Waals surface area contributed by atoms with Crippen molar-refractivity contribution in [3.63, 3.8) is 0 Å². The number of hydrogen-bond donors (Lipinski definition) is 0. The number of pyridine rings is 1. The molecule has 5 unspecified atom stereocenters. The standard InChI is InChI=1S/C21H20ClN3O4/c1-10-7-15-13(9-14(10)22)19(26)17-18(12-3-5-23-6-4-12)25(21(27)20(17)28-15)16-8-11(2)29-24-16/h3-6,8,10,13-15,18H,7,9H2,1-2H3. The van der Waals surface area contributed by atoms with Crippen LogP contribution in [0.15, 0.2) is 46.4 Å². The highest BCUT2D eigenvalue weighted by atomic mass is 35.5. The first kappa shape index (κ1) is 18.4. The molecule has 1 amide bonds. The number of alkyl halides is 1. The van der Waals surface area contributed by atoms with E-state index in [1.807, 2.05) is 6.92 Å². The van der Waals surface area contributed by atoms with Crippen molar-refractivity contribution in [3.8, 4) is 0 Å². The van der Waals surface area contributed by atoms with E-state index < -0.39 is 6.04 Å². The molecule has 5 rings (SSSR count). The number of anilines is 1. The van der Waals surface area contributed by atoms with E-state index in [-0.39, 0.29) is 40.8 Å². The Labute approximate surface area is 172 Å². The van der Waals surface area contributed by atoms with Crippen LogP contribution >= 0.6 is 11.6 Å². The Balaban J connectivity index is 1.63. The molecule has 5 atom stereocenters. The molecule has 0 bridgehead atoms.